The van der Waals surface area contributed by atoms with Crippen molar-refractivity contribution in [2.75, 3.05) is 11.1 Å². The van der Waals surface area contributed by atoms with E-state index >= 15 is 0 Å². The average Bonchev–Trinajstić information content (AvgIpc) is 2.56. The Morgan fingerprint density at radius 3 is 2.79 bits per heavy atom. The van der Waals surface area contributed by atoms with E-state index in [0.717, 1.165) is 24.2 Å². The highest BCUT2D eigenvalue weighted by atomic mass is 35.5. The number of fused-ring (bicyclic) bond motifs is 1. The van der Waals surface area contributed by atoms with E-state index in [1.165, 1.54) is 30.2 Å². The number of amides is 1. The number of rotatable bonds is 4. The molecule has 1 heterocycles. The summed E-state index contributed by atoms with van der Waals surface area (Å²) < 4.78 is 0. The van der Waals surface area contributed by atoms with Crippen LogP contribution in [0.1, 0.15) is 29.8 Å². The van der Waals surface area contributed by atoms with E-state index in [1.807, 2.05) is 6.92 Å². The summed E-state index contributed by atoms with van der Waals surface area (Å²) in [7, 11) is 0. The van der Waals surface area contributed by atoms with E-state index in [9.17, 15) is 4.79 Å². The summed E-state index contributed by atoms with van der Waals surface area (Å²) in [5, 5.41) is 4.34. The van der Waals surface area contributed by atoms with Crippen molar-refractivity contribution in [2.45, 2.75) is 37.8 Å². The second-order valence-corrected chi connectivity index (χ2v) is 7.45. The Kier molecular flexibility index (Phi) is 5.64. The molecule has 4 nitrogen and oxygen atoms in total. The zero-order valence-corrected chi connectivity index (χ0v) is 15.6. The topological polar surface area (TPSA) is 54.9 Å². The molecule has 1 aromatic carbocycles. The molecule has 24 heavy (non-hydrogen) atoms. The van der Waals surface area contributed by atoms with Gasteiger partial charge in [-0.1, -0.05) is 35.0 Å². The number of hydrogen-bond acceptors (Lipinski definition) is 4. The van der Waals surface area contributed by atoms with E-state index in [2.05, 4.69) is 15.3 Å². The van der Waals surface area contributed by atoms with Crippen molar-refractivity contribution in [2.24, 2.45) is 0 Å². The summed E-state index contributed by atoms with van der Waals surface area (Å²) >= 11 is 13.2. The number of benzene rings is 1. The fourth-order valence-electron chi connectivity index (χ4n) is 2.72. The number of anilines is 1. The number of nitrogens with zero attached hydrogens (tertiary/aromatic N) is 2. The van der Waals surface area contributed by atoms with Gasteiger partial charge in [0.05, 0.1) is 15.8 Å². The molecule has 2 aromatic rings. The minimum absolute atomic E-state index is 0.127. The van der Waals surface area contributed by atoms with E-state index in [4.69, 9.17) is 23.2 Å². The van der Waals surface area contributed by atoms with Gasteiger partial charge in [-0.3, -0.25) is 4.79 Å². The summed E-state index contributed by atoms with van der Waals surface area (Å²) in [6.45, 7) is 2.02. The molecule has 0 spiro atoms. The molecule has 126 valence electrons. The molecule has 1 aliphatic rings. The smallest absolute Gasteiger partial charge is 0.234 e. The molecule has 1 aromatic heterocycles. The van der Waals surface area contributed by atoms with E-state index in [1.54, 1.807) is 18.2 Å². The lowest BCUT2D eigenvalue weighted by Gasteiger charge is -2.17. The summed E-state index contributed by atoms with van der Waals surface area (Å²) in [4.78, 5) is 21.2. The lowest BCUT2D eigenvalue weighted by atomic mass is 9.95. The van der Waals surface area contributed by atoms with Crippen LogP contribution in [-0.4, -0.2) is 21.6 Å². The van der Waals surface area contributed by atoms with Crippen molar-refractivity contribution >= 4 is 46.6 Å². The Morgan fingerprint density at radius 2 is 2.00 bits per heavy atom. The number of carbonyl (C=O) groups is 1. The van der Waals surface area contributed by atoms with Crippen molar-refractivity contribution in [1.29, 1.82) is 0 Å². The van der Waals surface area contributed by atoms with E-state index in [-0.39, 0.29) is 11.7 Å². The molecular weight excluding hydrogens is 365 g/mol. The normalized spacial score (nSPS) is 13.5. The molecule has 1 amide bonds. The molecule has 7 heteroatoms. The first-order valence-electron chi connectivity index (χ1n) is 7.77. The fourth-order valence-corrected chi connectivity index (χ4v) is 3.73. The van der Waals surface area contributed by atoms with Crippen molar-refractivity contribution in [1.82, 2.24) is 9.97 Å². The zero-order valence-electron chi connectivity index (χ0n) is 13.2. The molecule has 0 atom stereocenters. The molecule has 0 saturated carbocycles. The van der Waals surface area contributed by atoms with Crippen LogP contribution in [0, 0.1) is 6.92 Å². The lowest BCUT2D eigenvalue weighted by Crippen LogP contribution is -2.15. The summed E-state index contributed by atoms with van der Waals surface area (Å²) in [5.74, 6) is 0.121. The van der Waals surface area contributed by atoms with Crippen molar-refractivity contribution < 1.29 is 4.79 Å². The molecule has 0 fully saturated rings. The third-order valence-electron chi connectivity index (χ3n) is 3.91. The minimum atomic E-state index is -0.127. The fraction of sp³-hybridized carbons (Fsp3) is 0.353. The van der Waals surface area contributed by atoms with Gasteiger partial charge in [-0.15, -0.1) is 0 Å². The molecule has 1 aliphatic carbocycles. The van der Waals surface area contributed by atoms with Gasteiger partial charge in [-0.2, -0.15) is 0 Å². The predicted octanol–water partition coefficient (Wildman–Crippen LogP) is 4.70. The van der Waals surface area contributed by atoms with Crippen LogP contribution >= 0.6 is 35.0 Å². The van der Waals surface area contributed by atoms with Gasteiger partial charge in [0, 0.05) is 17.1 Å². The maximum atomic E-state index is 12.1. The Balaban J connectivity index is 1.62. The van der Waals surface area contributed by atoms with Crippen molar-refractivity contribution in [3.8, 4) is 0 Å². The van der Waals surface area contributed by atoms with Crippen molar-refractivity contribution in [3.63, 3.8) is 0 Å². The Morgan fingerprint density at radius 1 is 1.21 bits per heavy atom. The van der Waals surface area contributed by atoms with Crippen LogP contribution in [-0.2, 0) is 17.6 Å². The number of nitrogens with one attached hydrogen (secondary N) is 1. The molecule has 3 rings (SSSR count). The first kappa shape index (κ1) is 17.5. The predicted molar refractivity (Wildman–Crippen MR) is 99.2 cm³/mol. The van der Waals surface area contributed by atoms with Crippen molar-refractivity contribution in [3.05, 3.63) is 45.2 Å². The van der Waals surface area contributed by atoms with Crippen LogP contribution in [0.5, 0.6) is 0 Å². The van der Waals surface area contributed by atoms with Gasteiger partial charge < -0.3 is 5.32 Å². The molecular formula is C17H17Cl2N3OS. The summed E-state index contributed by atoms with van der Waals surface area (Å²) in [6.07, 6.45) is 4.44. The maximum absolute atomic E-state index is 12.1. The van der Waals surface area contributed by atoms with Gasteiger partial charge in [-0.05, 0) is 56.4 Å². The van der Waals surface area contributed by atoms with Crippen LogP contribution in [0.4, 0.5) is 5.69 Å². The highest BCUT2D eigenvalue weighted by Gasteiger charge is 2.16. The number of halogens is 2. The SMILES string of the molecule is Cc1nc(SCC(=O)Nc2ccc(Cl)c(Cl)c2)nc2c1CCCC2. The van der Waals surface area contributed by atoms with Gasteiger partial charge in [0.2, 0.25) is 5.91 Å². The summed E-state index contributed by atoms with van der Waals surface area (Å²) in [6, 6.07) is 5.00. The Hall–Kier alpha value is -1.30. The molecule has 0 radical (unpaired) electrons. The molecule has 1 N–H and O–H groups in total. The number of thioether (sulfide) groups is 1. The Bertz CT molecular complexity index is 783. The quantitative estimate of drug-likeness (QED) is 0.615. The molecule has 0 aliphatic heterocycles. The van der Waals surface area contributed by atoms with Crippen LogP contribution in [0.3, 0.4) is 0 Å². The van der Waals surface area contributed by atoms with Crippen LogP contribution in [0.2, 0.25) is 10.0 Å². The van der Waals surface area contributed by atoms with Gasteiger partial charge in [0.25, 0.3) is 0 Å². The second kappa shape index (κ2) is 7.72. The Labute approximate surface area is 155 Å². The third kappa shape index (κ3) is 4.21. The molecule has 0 bridgehead atoms. The number of aryl methyl sites for hydroxylation is 2. The standard InChI is InChI=1S/C17H17Cl2N3OS/c1-10-12-4-2-3-5-15(12)22-17(20-10)24-9-16(23)21-11-6-7-13(18)14(19)8-11/h6-8H,2-5,9H2,1H3,(H,21,23). The molecule has 0 unspecified atom stereocenters. The second-order valence-electron chi connectivity index (χ2n) is 5.69. The van der Waals surface area contributed by atoms with E-state index < -0.39 is 0 Å². The monoisotopic (exact) mass is 381 g/mol. The minimum Gasteiger partial charge on any atom is -0.325 e. The van der Waals surface area contributed by atoms with Gasteiger partial charge in [0.1, 0.15) is 0 Å². The number of hydrogen-bond donors (Lipinski definition) is 1. The first-order valence-corrected chi connectivity index (χ1v) is 9.51. The third-order valence-corrected chi connectivity index (χ3v) is 5.49. The maximum Gasteiger partial charge on any atom is 0.234 e. The summed E-state index contributed by atoms with van der Waals surface area (Å²) in [5.41, 5.74) is 4.08. The number of carbonyl (C=O) groups excluding carboxylic acids is 1. The highest BCUT2D eigenvalue weighted by Crippen LogP contribution is 2.26. The largest absolute Gasteiger partial charge is 0.325 e. The van der Waals surface area contributed by atoms with Gasteiger partial charge in [0.15, 0.2) is 5.16 Å². The average molecular weight is 382 g/mol. The van der Waals surface area contributed by atoms with Crippen LogP contribution in [0.25, 0.3) is 0 Å². The lowest BCUT2D eigenvalue weighted by molar-refractivity contribution is -0.113. The first-order chi connectivity index (χ1) is 11.5. The zero-order chi connectivity index (χ0) is 17.1. The number of aromatic nitrogens is 2. The van der Waals surface area contributed by atoms with Gasteiger partial charge in [-0.25, -0.2) is 9.97 Å². The molecule has 0 saturated heterocycles. The highest BCUT2D eigenvalue weighted by molar-refractivity contribution is 7.99. The van der Waals surface area contributed by atoms with Crippen LogP contribution < -0.4 is 5.32 Å². The van der Waals surface area contributed by atoms with Gasteiger partial charge >= 0.3 is 0 Å². The van der Waals surface area contributed by atoms with Crippen LogP contribution in [0.15, 0.2) is 23.4 Å². The van der Waals surface area contributed by atoms with E-state index in [0.29, 0.717) is 20.9 Å².